The first-order valence-electron chi connectivity index (χ1n) is 8.53. The second-order valence-corrected chi connectivity index (χ2v) is 9.30. The van der Waals surface area contributed by atoms with Crippen LogP contribution in [-0.2, 0) is 4.79 Å². The third-order valence-corrected chi connectivity index (χ3v) is 6.93. The minimum Gasteiger partial charge on any atom is -0.481 e. The Labute approximate surface area is 140 Å². The van der Waals surface area contributed by atoms with Crippen molar-refractivity contribution in [1.29, 1.82) is 0 Å². The lowest BCUT2D eigenvalue weighted by Crippen LogP contribution is -2.18. The predicted octanol–water partition coefficient (Wildman–Crippen LogP) is 6.19. The molecule has 0 aliphatic heterocycles. The number of unbranched alkanes of at least 4 members (excludes halogenated alkanes) is 6. The molecule has 126 valence electrons. The second-order valence-electron chi connectivity index (χ2n) is 5.85. The van der Waals surface area contributed by atoms with Gasteiger partial charge in [0.05, 0.1) is 4.08 Å². The Morgan fingerprint density at radius 2 is 1.38 bits per heavy atom. The minimum atomic E-state index is -0.667. The zero-order chi connectivity index (χ0) is 16.0. The SMILES string of the molecule is CCCCCCSC(C)(CCC(=O)O)SCCCCCC. The summed E-state index contributed by atoms with van der Waals surface area (Å²) >= 11 is 3.96. The Morgan fingerprint density at radius 1 is 0.905 bits per heavy atom. The molecule has 0 aliphatic carbocycles. The summed E-state index contributed by atoms with van der Waals surface area (Å²) in [5, 5.41) is 8.94. The van der Waals surface area contributed by atoms with E-state index in [4.69, 9.17) is 5.11 Å². The van der Waals surface area contributed by atoms with Crippen LogP contribution in [0.1, 0.15) is 85.0 Å². The topological polar surface area (TPSA) is 37.3 Å². The molecule has 0 aromatic rings. The third-order valence-electron chi connectivity index (χ3n) is 3.60. The van der Waals surface area contributed by atoms with Crippen molar-refractivity contribution in [2.24, 2.45) is 0 Å². The molecule has 0 radical (unpaired) electrons. The van der Waals surface area contributed by atoms with Gasteiger partial charge in [-0.15, -0.1) is 23.5 Å². The summed E-state index contributed by atoms with van der Waals surface area (Å²) in [5.41, 5.74) is 0. The van der Waals surface area contributed by atoms with Gasteiger partial charge in [0.1, 0.15) is 0 Å². The fraction of sp³-hybridized carbons (Fsp3) is 0.941. The molecule has 0 rings (SSSR count). The van der Waals surface area contributed by atoms with Gasteiger partial charge >= 0.3 is 5.97 Å². The first-order valence-corrected chi connectivity index (χ1v) is 10.5. The maximum atomic E-state index is 10.9. The van der Waals surface area contributed by atoms with Crippen molar-refractivity contribution >= 4 is 29.5 Å². The maximum absolute atomic E-state index is 10.9. The summed E-state index contributed by atoms with van der Waals surface area (Å²) < 4.78 is 0.0802. The Bertz CT molecular complexity index is 243. The van der Waals surface area contributed by atoms with Gasteiger partial charge in [-0.3, -0.25) is 4.79 Å². The summed E-state index contributed by atoms with van der Waals surface area (Å²) in [6, 6.07) is 0. The molecule has 2 nitrogen and oxygen atoms in total. The molecular formula is C17H34O2S2. The highest BCUT2D eigenvalue weighted by atomic mass is 32.2. The number of hydrogen-bond acceptors (Lipinski definition) is 3. The van der Waals surface area contributed by atoms with Crippen molar-refractivity contribution in [3.63, 3.8) is 0 Å². The zero-order valence-electron chi connectivity index (χ0n) is 14.2. The maximum Gasteiger partial charge on any atom is 0.303 e. The zero-order valence-corrected chi connectivity index (χ0v) is 15.8. The molecule has 21 heavy (non-hydrogen) atoms. The van der Waals surface area contributed by atoms with Gasteiger partial charge in [0.15, 0.2) is 0 Å². The molecule has 4 heteroatoms. The van der Waals surface area contributed by atoms with Crippen LogP contribution in [0.3, 0.4) is 0 Å². The van der Waals surface area contributed by atoms with Crippen LogP contribution in [0.15, 0.2) is 0 Å². The lowest BCUT2D eigenvalue weighted by Gasteiger charge is -2.28. The van der Waals surface area contributed by atoms with E-state index in [0.29, 0.717) is 6.42 Å². The van der Waals surface area contributed by atoms with Crippen LogP contribution in [0.2, 0.25) is 0 Å². The molecule has 0 atom stereocenters. The second kappa shape index (κ2) is 13.8. The van der Waals surface area contributed by atoms with Crippen molar-refractivity contribution < 1.29 is 9.90 Å². The van der Waals surface area contributed by atoms with E-state index >= 15 is 0 Å². The van der Waals surface area contributed by atoms with Crippen molar-refractivity contribution in [3.8, 4) is 0 Å². The Hall–Kier alpha value is 0.170. The summed E-state index contributed by atoms with van der Waals surface area (Å²) in [5.74, 6) is 1.66. The molecule has 0 aliphatic rings. The van der Waals surface area contributed by atoms with E-state index in [1.54, 1.807) is 0 Å². The van der Waals surface area contributed by atoms with Crippen LogP contribution < -0.4 is 0 Å². The highest BCUT2D eigenvalue weighted by Crippen LogP contribution is 2.42. The number of aliphatic carboxylic acids is 1. The smallest absolute Gasteiger partial charge is 0.303 e. The molecule has 0 amide bonds. The molecule has 0 heterocycles. The van der Waals surface area contributed by atoms with Crippen LogP contribution in [0.5, 0.6) is 0 Å². The van der Waals surface area contributed by atoms with E-state index in [-0.39, 0.29) is 4.08 Å². The quantitative estimate of drug-likeness (QED) is 0.286. The average molecular weight is 335 g/mol. The van der Waals surface area contributed by atoms with Gasteiger partial charge in [-0.1, -0.05) is 52.4 Å². The molecule has 0 unspecified atom stereocenters. The van der Waals surface area contributed by atoms with E-state index < -0.39 is 5.97 Å². The largest absolute Gasteiger partial charge is 0.481 e. The molecule has 0 saturated heterocycles. The molecule has 1 N–H and O–H groups in total. The van der Waals surface area contributed by atoms with E-state index in [9.17, 15) is 4.79 Å². The minimum absolute atomic E-state index is 0.0802. The Balaban J connectivity index is 4.04. The van der Waals surface area contributed by atoms with Gasteiger partial charge in [-0.25, -0.2) is 0 Å². The lowest BCUT2D eigenvalue weighted by molar-refractivity contribution is -0.137. The van der Waals surface area contributed by atoms with Gasteiger partial charge in [0.25, 0.3) is 0 Å². The van der Waals surface area contributed by atoms with Gasteiger partial charge < -0.3 is 5.11 Å². The number of rotatable bonds is 15. The van der Waals surface area contributed by atoms with Gasteiger partial charge in [-0.05, 0) is 37.7 Å². The summed E-state index contributed by atoms with van der Waals surface area (Å²) in [7, 11) is 0. The fourth-order valence-electron chi connectivity index (χ4n) is 2.15. The van der Waals surface area contributed by atoms with Crippen LogP contribution >= 0.6 is 23.5 Å². The summed E-state index contributed by atoms with van der Waals surface area (Å²) in [6.45, 7) is 6.71. The number of carboxylic acid groups (broad SMARTS) is 1. The van der Waals surface area contributed by atoms with Crippen molar-refractivity contribution in [2.75, 3.05) is 11.5 Å². The molecular weight excluding hydrogens is 300 g/mol. The lowest BCUT2D eigenvalue weighted by atomic mass is 10.2. The van der Waals surface area contributed by atoms with E-state index in [2.05, 4.69) is 20.8 Å². The van der Waals surface area contributed by atoms with Crippen LogP contribution in [0.25, 0.3) is 0 Å². The fourth-order valence-corrected chi connectivity index (χ4v) is 5.04. The normalized spacial score (nSPS) is 11.8. The third kappa shape index (κ3) is 13.5. The summed E-state index contributed by atoms with van der Waals surface area (Å²) in [6.07, 6.45) is 11.4. The van der Waals surface area contributed by atoms with Crippen LogP contribution in [0, 0.1) is 0 Å². The average Bonchev–Trinajstić information content (AvgIpc) is 2.45. The predicted molar refractivity (Wildman–Crippen MR) is 98.5 cm³/mol. The van der Waals surface area contributed by atoms with Crippen LogP contribution in [-0.4, -0.2) is 26.7 Å². The molecule has 0 bridgehead atoms. The van der Waals surface area contributed by atoms with E-state index in [1.807, 2.05) is 23.5 Å². The molecule has 0 saturated carbocycles. The highest BCUT2D eigenvalue weighted by molar-refractivity contribution is 8.18. The van der Waals surface area contributed by atoms with Gasteiger partial charge in [0.2, 0.25) is 0 Å². The van der Waals surface area contributed by atoms with E-state index in [0.717, 1.165) is 17.9 Å². The molecule has 0 fully saturated rings. The standard InChI is InChI=1S/C17H34O2S2/c1-4-6-8-10-14-20-17(3,13-12-16(18)19)21-15-11-9-7-5-2/h4-15H2,1-3H3,(H,18,19). The van der Waals surface area contributed by atoms with Gasteiger partial charge in [0, 0.05) is 6.42 Å². The number of carbonyl (C=O) groups is 1. The molecule has 0 aromatic heterocycles. The van der Waals surface area contributed by atoms with E-state index in [1.165, 1.54) is 51.4 Å². The van der Waals surface area contributed by atoms with Crippen molar-refractivity contribution in [3.05, 3.63) is 0 Å². The number of thioether (sulfide) groups is 2. The summed E-state index contributed by atoms with van der Waals surface area (Å²) in [4.78, 5) is 10.9. The van der Waals surface area contributed by atoms with Crippen molar-refractivity contribution in [1.82, 2.24) is 0 Å². The highest BCUT2D eigenvalue weighted by Gasteiger charge is 2.25. The monoisotopic (exact) mass is 334 g/mol. The van der Waals surface area contributed by atoms with Crippen LogP contribution in [0.4, 0.5) is 0 Å². The first-order chi connectivity index (χ1) is 10.0. The Morgan fingerprint density at radius 3 is 1.76 bits per heavy atom. The molecule has 0 spiro atoms. The Kier molecular flexibility index (Phi) is 13.9. The number of carboxylic acids is 1. The van der Waals surface area contributed by atoms with Gasteiger partial charge in [-0.2, -0.15) is 0 Å². The molecule has 0 aromatic carbocycles. The first kappa shape index (κ1) is 21.2. The van der Waals surface area contributed by atoms with Crippen molar-refractivity contribution in [2.45, 2.75) is 89.1 Å². The number of hydrogen-bond donors (Lipinski definition) is 1.